The number of fused-ring (bicyclic) bond motifs is 1. The van der Waals surface area contributed by atoms with Gasteiger partial charge in [-0.15, -0.1) is 0 Å². The monoisotopic (exact) mass is 335 g/mol. The molecule has 1 N–H and O–H groups in total. The Balaban J connectivity index is 2.13. The van der Waals surface area contributed by atoms with E-state index in [1.807, 2.05) is 18.2 Å². The van der Waals surface area contributed by atoms with Crippen LogP contribution in [0.1, 0.15) is 6.42 Å². The first-order valence-electron chi connectivity index (χ1n) is 5.30. The zero-order valence-corrected chi connectivity index (χ0v) is 11.0. The van der Waals surface area contributed by atoms with Crippen LogP contribution in [-0.4, -0.2) is 47.8 Å². The van der Waals surface area contributed by atoms with Gasteiger partial charge in [-0.25, -0.2) is 0 Å². The molecule has 2 aliphatic rings. The molecule has 0 aromatic carbocycles. The molecule has 16 heavy (non-hydrogen) atoms. The van der Waals surface area contributed by atoms with E-state index < -0.39 is 0 Å². The molecule has 2 atom stereocenters. The second kappa shape index (κ2) is 5.29. The highest BCUT2D eigenvalue weighted by atomic mass is 127. The molecular formula is C11H14INO3. The van der Waals surface area contributed by atoms with E-state index in [1.54, 1.807) is 4.90 Å². The van der Waals surface area contributed by atoms with Gasteiger partial charge < -0.3 is 14.7 Å². The van der Waals surface area contributed by atoms with Crippen molar-refractivity contribution in [2.45, 2.75) is 18.6 Å². The molecule has 0 radical (unpaired) electrons. The van der Waals surface area contributed by atoms with Gasteiger partial charge in [0.15, 0.2) is 0 Å². The summed E-state index contributed by atoms with van der Waals surface area (Å²) >= 11 is 2.23. The third-order valence-electron chi connectivity index (χ3n) is 2.75. The molecule has 1 fully saturated rings. The number of carbonyl (C=O) groups is 1. The van der Waals surface area contributed by atoms with Gasteiger partial charge in [0.1, 0.15) is 12.7 Å². The quantitative estimate of drug-likeness (QED) is 0.778. The number of hydrogen-bond acceptors (Lipinski definition) is 3. The van der Waals surface area contributed by atoms with Crippen molar-refractivity contribution in [2.24, 2.45) is 0 Å². The number of rotatable bonds is 3. The van der Waals surface area contributed by atoms with Crippen LogP contribution in [0, 0.1) is 0 Å². The van der Waals surface area contributed by atoms with Crippen molar-refractivity contribution in [1.29, 1.82) is 0 Å². The first-order chi connectivity index (χ1) is 7.72. The largest absolute Gasteiger partial charge is 0.396 e. The highest BCUT2D eigenvalue weighted by Gasteiger charge is 2.34. The molecule has 0 saturated carbocycles. The van der Waals surface area contributed by atoms with E-state index in [0.717, 1.165) is 3.58 Å². The van der Waals surface area contributed by atoms with Crippen LogP contribution >= 0.6 is 22.6 Å². The predicted molar refractivity (Wildman–Crippen MR) is 68.2 cm³/mol. The van der Waals surface area contributed by atoms with Crippen LogP contribution in [0.4, 0.5) is 0 Å². The topological polar surface area (TPSA) is 49.8 Å². The average Bonchev–Trinajstić information content (AvgIpc) is 2.28. The Hall–Kier alpha value is -0.400. The number of halogens is 1. The number of allylic oxidation sites excluding steroid dienone is 2. The fourth-order valence-corrected chi connectivity index (χ4v) is 2.54. The summed E-state index contributed by atoms with van der Waals surface area (Å²) in [7, 11) is 0. The van der Waals surface area contributed by atoms with E-state index in [4.69, 9.17) is 9.84 Å². The molecule has 88 valence electrons. The van der Waals surface area contributed by atoms with Gasteiger partial charge >= 0.3 is 0 Å². The summed E-state index contributed by atoms with van der Waals surface area (Å²) in [6, 6.07) is -0.00954. The summed E-state index contributed by atoms with van der Waals surface area (Å²) in [4.78, 5) is 13.5. The van der Waals surface area contributed by atoms with E-state index in [0.29, 0.717) is 13.0 Å². The molecule has 4 nitrogen and oxygen atoms in total. The maximum absolute atomic E-state index is 11.7. The lowest BCUT2D eigenvalue weighted by atomic mass is 10.0. The van der Waals surface area contributed by atoms with Crippen LogP contribution in [0.5, 0.6) is 0 Å². The number of carbonyl (C=O) groups excluding carboxylic acids is 1. The molecular weight excluding hydrogens is 321 g/mol. The van der Waals surface area contributed by atoms with Crippen molar-refractivity contribution < 1.29 is 14.6 Å². The van der Waals surface area contributed by atoms with E-state index in [1.165, 1.54) is 0 Å². The van der Waals surface area contributed by atoms with Crippen molar-refractivity contribution in [3.8, 4) is 0 Å². The Morgan fingerprint density at radius 2 is 2.44 bits per heavy atom. The van der Waals surface area contributed by atoms with Crippen LogP contribution in [0.2, 0.25) is 0 Å². The zero-order chi connectivity index (χ0) is 11.5. The average molecular weight is 335 g/mol. The van der Waals surface area contributed by atoms with Crippen LogP contribution in [0.3, 0.4) is 0 Å². The lowest BCUT2D eigenvalue weighted by Gasteiger charge is -2.39. The molecule has 1 heterocycles. The number of morpholine rings is 1. The van der Waals surface area contributed by atoms with Gasteiger partial charge in [-0.3, -0.25) is 4.79 Å². The van der Waals surface area contributed by atoms with Gasteiger partial charge in [0, 0.05) is 16.7 Å². The number of ether oxygens (including phenoxy) is 1. The number of aliphatic hydroxyl groups excluding tert-OH is 1. The van der Waals surface area contributed by atoms with E-state index in [-0.39, 0.29) is 31.3 Å². The van der Waals surface area contributed by atoms with E-state index in [2.05, 4.69) is 22.6 Å². The van der Waals surface area contributed by atoms with Crippen LogP contribution < -0.4 is 0 Å². The highest BCUT2D eigenvalue weighted by Crippen LogP contribution is 2.25. The summed E-state index contributed by atoms with van der Waals surface area (Å²) in [6.45, 7) is 0.841. The van der Waals surface area contributed by atoms with Gasteiger partial charge in [-0.05, 0) is 35.1 Å². The second-order valence-electron chi connectivity index (χ2n) is 3.84. The van der Waals surface area contributed by atoms with Crippen molar-refractivity contribution >= 4 is 28.5 Å². The molecule has 0 aromatic rings. The Labute approximate surface area is 108 Å². The predicted octanol–water partition coefficient (Wildman–Crippen LogP) is 0.854. The third-order valence-corrected chi connectivity index (χ3v) is 3.47. The minimum atomic E-state index is -0.0325. The minimum Gasteiger partial charge on any atom is -0.396 e. The Kier molecular flexibility index (Phi) is 3.99. The van der Waals surface area contributed by atoms with Gasteiger partial charge in [0.2, 0.25) is 5.91 Å². The van der Waals surface area contributed by atoms with Gasteiger partial charge in [-0.2, -0.15) is 0 Å². The van der Waals surface area contributed by atoms with Crippen molar-refractivity contribution in [1.82, 2.24) is 4.90 Å². The third kappa shape index (κ3) is 2.46. The Morgan fingerprint density at radius 1 is 1.62 bits per heavy atom. The number of amides is 1. The molecule has 0 aromatic heterocycles. The molecule has 0 bridgehead atoms. The molecule has 1 saturated heterocycles. The summed E-state index contributed by atoms with van der Waals surface area (Å²) in [6.07, 6.45) is 6.62. The molecule has 0 spiro atoms. The standard InChI is InChI=1S/C11H14INO3/c12-8-2-3-10-9(6-8)13(4-1-5-14)11(15)7-16-10/h2-3,6,9-10,14H,1,4-5,7H2. The SMILES string of the molecule is O=C1COC2C=CC(I)=CC2N1CCCO. The fourth-order valence-electron chi connectivity index (χ4n) is 1.97. The summed E-state index contributed by atoms with van der Waals surface area (Å²) in [5.41, 5.74) is 0. The summed E-state index contributed by atoms with van der Waals surface area (Å²) in [5, 5.41) is 8.83. The Bertz CT molecular complexity index is 340. The molecule has 1 aliphatic carbocycles. The molecule has 1 aliphatic heterocycles. The summed E-state index contributed by atoms with van der Waals surface area (Å²) in [5.74, 6) is 0.00505. The molecule has 1 amide bonds. The molecule has 2 rings (SSSR count). The van der Waals surface area contributed by atoms with E-state index in [9.17, 15) is 4.79 Å². The molecule has 5 heteroatoms. The summed E-state index contributed by atoms with van der Waals surface area (Å²) < 4.78 is 6.58. The minimum absolute atomic E-state index is 0.00505. The van der Waals surface area contributed by atoms with Crippen LogP contribution in [-0.2, 0) is 9.53 Å². The van der Waals surface area contributed by atoms with E-state index >= 15 is 0 Å². The van der Waals surface area contributed by atoms with Crippen LogP contribution in [0.25, 0.3) is 0 Å². The van der Waals surface area contributed by atoms with Gasteiger partial charge in [0.25, 0.3) is 0 Å². The maximum atomic E-state index is 11.7. The number of hydrogen-bond donors (Lipinski definition) is 1. The van der Waals surface area contributed by atoms with Gasteiger partial charge in [0.05, 0.1) is 6.04 Å². The Morgan fingerprint density at radius 3 is 3.19 bits per heavy atom. The van der Waals surface area contributed by atoms with Gasteiger partial charge in [-0.1, -0.05) is 12.2 Å². The smallest absolute Gasteiger partial charge is 0.249 e. The first-order valence-corrected chi connectivity index (χ1v) is 6.37. The van der Waals surface area contributed by atoms with Crippen LogP contribution in [0.15, 0.2) is 21.8 Å². The highest BCUT2D eigenvalue weighted by molar-refractivity contribution is 14.1. The zero-order valence-electron chi connectivity index (χ0n) is 8.80. The lowest BCUT2D eigenvalue weighted by Crippen LogP contribution is -2.54. The fraction of sp³-hybridized carbons (Fsp3) is 0.545. The maximum Gasteiger partial charge on any atom is 0.249 e. The number of nitrogens with zero attached hydrogens (tertiary/aromatic N) is 1. The van der Waals surface area contributed by atoms with Crippen molar-refractivity contribution in [2.75, 3.05) is 19.8 Å². The van der Waals surface area contributed by atoms with Crippen molar-refractivity contribution in [3.63, 3.8) is 0 Å². The normalized spacial score (nSPS) is 29.0. The first kappa shape index (κ1) is 12.1. The lowest BCUT2D eigenvalue weighted by molar-refractivity contribution is -0.150. The van der Waals surface area contributed by atoms with Crippen molar-refractivity contribution in [3.05, 3.63) is 21.8 Å². The molecule has 2 unspecified atom stereocenters. The number of aliphatic hydroxyl groups is 1. The second-order valence-corrected chi connectivity index (χ2v) is 5.09.